The van der Waals surface area contributed by atoms with Crippen LogP contribution in [0.25, 0.3) is 0 Å². The van der Waals surface area contributed by atoms with E-state index in [4.69, 9.17) is 9.52 Å². The average Bonchev–Trinajstić information content (AvgIpc) is 2.88. The van der Waals surface area contributed by atoms with Crippen LogP contribution in [0.2, 0.25) is 0 Å². The Morgan fingerprint density at radius 2 is 2.28 bits per heavy atom. The third-order valence-electron chi connectivity index (χ3n) is 2.08. The van der Waals surface area contributed by atoms with Gasteiger partial charge in [-0.05, 0) is 12.1 Å². The lowest BCUT2D eigenvalue weighted by atomic mass is 10.3. The van der Waals surface area contributed by atoms with E-state index in [0.717, 1.165) is 0 Å². The van der Waals surface area contributed by atoms with Gasteiger partial charge in [0.05, 0.1) is 6.20 Å². The van der Waals surface area contributed by atoms with E-state index >= 15 is 0 Å². The van der Waals surface area contributed by atoms with Crippen LogP contribution >= 0.6 is 0 Å². The highest BCUT2D eigenvalue weighted by Gasteiger charge is 2.09. The summed E-state index contributed by atoms with van der Waals surface area (Å²) in [4.78, 5) is 22.7. The van der Waals surface area contributed by atoms with Crippen LogP contribution in [0.3, 0.4) is 0 Å². The first-order valence-electron chi connectivity index (χ1n) is 5.04. The SMILES string of the molecule is CC(=O)c1ccc(Cn2ncc(NC(=O)O)n2)o1. The number of rotatable bonds is 4. The van der Waals surface area contributed by atoms with E-state index in [0.29, 0.717) is 5.76 Å². The maximum atomic E-state index is 11.0. The number of carbonyl (C=O) groups excluding carboxylic acids is 1. The molecule has 0 saturated heterocycles. The molecular formula is C10H10N4O4. The van der Waals surface area contributed by atoms with Crippen LogP contribution in [0.4, 0.5) is 10.6 Å². The smallest absolute Gasteiger partial charge is 0.410 e. The molecule has 0 saturated carbocycles. The van der Waals surface area contributed by atoms with Crippen LogP contribution < -0.4 is 5.32 Å². The number of hydrogen-bond donors (Lipinski definition) is 2. The highest BCUT2D eigenvalue weighted by atomic mass is 16.4. The summed E-state index contributed by atoms with van der Waals surface area (Å²) in [6.45, 7) is 1.62. The highest BCUT2D eigenvalue weighted by molar-refractivity contribution is 5.91. The fourth-order valence-corrected chi connectivity index (χ4v) is 1.33. The first kappa shape index (κ1) is 11.8. The van der Waals surface area contributed by atoms with E-state index in [2.05, 4.69) is 15.5 Å². The Hall–Kier alpha value is -2.64. The van der Waals surface area contributed by atoms with Gasteiger partial charge in [-0.15, -0.1) is 5.10 Å². The number of carbonyl (C=O) groups is 2. The molecule has 0 aliphatic carbocycles. The molecule has 2 aromatic heterocycles. The second-order valence-corrected chi connectivity index (χ2v) is 3.51. The zero-order valence-electron chi connectivity index (χ0n) is 9.45. The number of hydrogen-bond acceptors (Lipinski definition) is 5. The zero-order chi connectivity index (χ0) is 13.1. The zero-order valence-corrected chi connectivity index (χ0v) is 9.45. The Morgan fingerprint density at radius 1 is 1.50 bits per heavy atom. The van der Waals surface area contributed by atoms with Gasteiger partial charge in [-0.3, -0.25) is 10.1 Å². The summed E-state index contributed by atoms with van der Waals surface area (Å²) in [6.07, 6.45) is 0.0714. The molecule has 0 spiro atoms. The van der Waals surface area contributed by atoms with Crippen LogP contribution in [-0.4, -0.2) is 32.0 Å². The van der Waals surface area contributed by atoms with E-state index < -0.39 is 6.09 Å². The van der Waals surface area contributed by atoms with Gasteiger partial charge in [0.15, 0.2) is 17.4 Å². The molecule has 8 heteroatoms. The van der Waals surface area contributed by atoms with Crippen molar-refractivity contribution in [1.82, 2.24) is 15.0 Å². The normalized spacial score (nSPS) is 10.3. The molecule has 0 fully saturated rings. The van der Waals surface area contributed by atoms with Crippen molar-refractivity contribution in [2.45, 2.75) is 13.5 Å². The van der Waals surface area contributed by atoms with Gasteiger partial charge in [-0.2, -0.15) is 9.90 Å². The van der Waals surface area contributed by atoms with Gasteiger partial charge in [0.2, 0.25) is 0 Å². The van der Waals surface area contributed by atoms with Crippen molar-refractivity contribution in [3.63, 3.8) is 0 Å². The number of anilines is 1. The number of nitrogens with zero attached hydrogens (tertiary/aromatic N) is 3. The molecule has 0 aliphatic heterocycles. The van der Waals surface area contributed by atoms with Crippen LogP contribution in [-0.2, 0) is 6.54 Å². The molecule has 2 rings (SSSR count). The molecule has 94 valence electrons. The lowest BCUT2D eigenvalue weighted by Crippen LogP contribution is -2.09. The summed E-state index contributed by atoms with van der Waals surface area (Å²) < 4.78 is 5.25. The van der Waals surface area contributed by atoms with Crippen molar-refractivity contribution in [2.75, 3.05) is 5.32 Å². The Bertz CT molecular complexity index is 586. The van der Waals surface area contributed by atoms with Crippen molar-refractivity contribution < 1.29 is 19.1 Å². The van der Waals surface area contributed by atoms with Gasteiger partial charge in [0, 0.05) is 6.92 Å². The number of aromatic nitrogens is 3. The fraction of sp³-hybridized carbons (Fsp3) is 0.200. The van der Waals surface area contributed by atoms with E-state index in [1.54, 1.807) is 12.1 Å². The molecular weight excluding hydrogens is 240 g/mol. The summed E-state index contributed by atoms with van der Waals surface area (Å²) in [5, 5.41) is 18.3. The monoisotopic (exact) mass is 250 g/mol. The predicted molar refractivity (Wildman–Crippen MR) is 59.5 cm³/mol. The number of ketones is 1. The van der Waals surface area contributed by atoms with Crippen LogP contribution in [0.1, 0.15) is 23.2 Å². The molecule has 1 amide bonds. The maximum absolute atomic E-state index is 11.0. The number of Topliss-reactive ketones (excluding diaryl/α,β-unsaturated/α-hetero) is 1. The largest absolute Gasteiger partial charge is 0.465 e. The maximum Gasteiger partial charge on any atom is 0.410 e. The van der Waals surface area contributed by atoms with Crippen LogP contribution in [0.5, 0.6) is 0 Å². The second-order valence-electron chi connectivity index (χ2n) is 3.51. The fourth-order valence-electron chi connectivity index (χ4n) is 1.33. The highest BCUT2D eigenvalue weighted by Crippen LogP contribution is 2.10. The van der Waals surface area contributed by atoms with Gasteiger partial charge in [-0.1, -0.05) is 0 Å². The van der Waals surface area contributed by atoms with Gasteiger partial charge in [0.25, 0.3) is 0 Å². The minimum atomic E-state index is -1.21. The lowest BCUT2D eigenvalue weighted by molar-refractivity contribution is 0.0985. The van der Waals surface area contributed by atoms with Crippen molar-refractivity contribution >= 4 is 17.7 Å². The van der Waals surface area contributed by atoms with E-state index in [-0.39, 0.29) is 23.9 Å². The van der Waals surface area contributed by atoms with Crippen LogP contribution in [0, 0.1) is 0 Å². The van der Waals surface area contributed by atoms with Crippen molar-refractivity contribution in [1.29, 1.82) is 0 Å². The molecule has 0 radical (unpaired) electrons. The van der Waals surface area contributed by atoms with E-state index in [9.17, 15) is 9.59 Å². The summed E-state index contributed by atoms with van der Waals surface area (Å²) >= 11 is 0. The number of furan rings is 1. The van der Waals surface area contributed by atoms with Crippen molar-refractivity contribution in [2.24, 2.45) is 0 Å². The summed E-state index contributed by atoms with van der Waals surface area (Å²) in [7, 11) is 0. The third-order valence-corrected chi connectivity index (χ3v) is 2.08. The molecule has 8 nitrogen and oxygen atoms in total. The Kier molecular flexibility index (Phi) is 3.09. The lowest BCUT2D eigenvalue weighted by Gasteiger charge is -1.96. The van der Waals surface area contributed by atoms with Gasteiger partial charge >= 0.3 is 6.09 Å². The first-order valence-corrected chi connectivity index (χ1v) is 5.04. The second kappa shape index (κ2) is 4.70. The molecule has 18 heavy (non-hydrogen) atoms. The molecule has 0 unspecified atom stereocenters. The topological polar surface area (TPSA) is 110 Å². The molecule has 0 atom stereocenters. The summed E-state index contributed by atoms with van der Waals surface area (Å²) in [5.41, 5.74) is 0. The minimum Gasteiger partial charge on any atom is -0.465 e. The van der Waals surface area contributed by atoms with Gasteiger partial charge in [-0.25, -0.2) is 4.79 Å². The van der Waals surface area contributed by atoms with Crippen molar-refractivity contribution in [3.8, 4) is 0 Å². The molecule has 0 bridgehead atoms. The Morgan fingerprint density at radius 3 is 2.89 bits per heavy atom. The summed E-state index contributed by atoms with van der Waals surface area (Å²) in [6, 6.07) is 3.21. The molecule has 2 N–H and O–H groups in total. The Labute approximate surface area is 101 Å². The third kappa shape index (κ3) is 2.73. The predicted octanol–water partition coefficient (Wildman–Crippen LogP) is 1.21. The quantitative estimate of drug-likeness (QED) is 0.789. The molecule has 2 aromatic rings. The standard InChI is InChI=1S/C10H10N4O4/c1-6(15)8-3-2-7(18-8)5-14-11-4-9(13-14)12-10(16)17/h2-4H,5H2,1H3,(H,12,13)(H,16,17). The van der Waals surface area contributed by atoms with Crippen molar-refractivity contribution in [3.05, 3.63) is 29.9 Å². The number of amides is 1. The van der Waals surface area contributed by atoms with Crippen LogP contribution in [0.15, 0.2) is 22.7 Å². The Balaban J connectivity index is 2.06. The molecule has 0 aliphatic rings. The number of nitrogens with one attached hydrogen (secondary N) is 1. The average molecular weight is 250 g/mol. The molecule has 0 aromatic carbocycles. The van der Waals surface area contributed by atoms with E-state index in [1.807, 2.05) is 0 Å². The summed E-state index contributed by atoms with van der Waals surface area (Å²) in [5.74, 6) is 0.738. The minimum absolute atomic E-state index is 0.126. The van der Waals surface area contributed by atoms with E-state index in [1.165, 1.54) is 17.9 Å². The van der Waals surface area contributed by atoms with Gasteiger partial charge in [0.1, 0.15) is 12.3 Å². The van der Waals surface area contributed by atoms with Gasteiger partial charge < -0.3 is 9.52 Å². The number of carboxylic acid groups (broad SMARTS) is 1. The molecule has 2 heterocycles. The first-order chi connectivity index (χ1) is 8.54.